The Morgan fingerprint density at radius 3 is 2.35 bits per heavy atom. The van der Waals surface area contributed by atoms with Crippen molar-refractivity contribution in [1.82, 2.24) is 19.6 Å². The molecule has 9 heteroatoms. The van der Waals surface area contributed by atoms with Crippen LogP contribution in [0.1, 0.15) is 21.6 Å². The summed E-state index contributed by atoms with van der Waals surface area (Å²) < 4.78 is 12.2. The zero-order valence-corrected chi connectivity index (χ0v) is 18.4. The normalized spacial score (nSPS) is 10.8. The number of amides is 1. The van der Waals surface area contributed by atoms with Gasteiger partial charge in [-0.3, -0.25) is 4.79 Å². The number of ether oxygens (including phenoxy) is 2. The SMILES string of the molecule is COc1cc(OC)cc(C(=O)Nc2ccc(Sc3c(C)c(C)nc4ncnn34)cc2)c1. The van der Waals surface area contributed by atoms with E-state index in [1.165, 1.54) is 6.33 Å². The molecule has 0 aliphatic rings. The molecule has 2 heterocycles. The molecule has 0 unspecified atom stereocenters. The van der Waals surface area contributed by atoms with Gasteiger partial charge in [0, 0.05) is 33.5 Å². The number of carbonyl (C=O) groups is 1. The number of benzene rings is 2. The van der Waals surface area contributed by atoms with Crippen LogP contribution < -0.4 is 14.8 Å². The van der Waals surface area contributed by atoms with Crippen LogP contribution in [0.4, 0.5) is 5.69 Å². The summed E-state index contributed by atoms with van der Waals surface area (Å²) in [6.07, 6.45) is 1.50. The standard InChI is InChI=1S/C22H21N5O3S/c1-13-14(2)25-22-23-12-24-27(22)21(13)31-19-7-5-16(6-8-19)26-20(28)15-9-17(29-3)11-18(10-15)30-4/h5-12H,1-4H3,(H,26,28). The molecular formula is C22H21N5O3S. The molecule has 158 valence electrons. The Hall–Kier alpha value is -3.59. The molecule has 0 radical (unpaired) electrons. The Morgan fingerprint density at radius 1 is 1.03 bits per heavy atom. The van der Waals surface area contributed by atoms with Crippen LogP contribution >= 0.6 is 11.8 Å². The predicted octanol–water partition coefficient (Wildman–Crippen LogP) is 4.16. The fourth-order valence-corrected chi connectivity index (χ4v) is 3.99. The van der Waals surface area contributed by atoms with Crippen molar-refractivity contribution in [2.75, 3.05) is 19.5 Å². The van der Waals surface area contributed by atoms with Crippen molar-refractivity contribution in [2.45, 2.75) is 23.8 Å². The molecule has 31 heavy (non-hydrogen) atoms. The first-order valence-electron chi connectivity index (χ1n) is 9.47. The maximum atomic E-state index is 12.7. The summed E-state index contributed by atoms with van der Waals surface area (Å²) >= 11 is 1.57. The first-order chi connectivity index (χ1) is 15.0. The van der Waals surface area contributed by atoms with Crippen LogP contribution in [-0.2, 0) is 0 Å². The zero-order valence-electron chi connectivity index (χ0n) is 17.5. The number of hydrogen-bond acceptors (Lipinski definition) is 7. The smallest absolute Gasteiger partial charge is 0.255 e. The number of nitrogens with one attached hydrogen (secondary N) is 1. The van der Waals surface area contributed by atoms with E-state index in [1.54, 1.807) is 48.7 Å². The van der Waals surface area contributed by atoms with Crippen LogP contribution in [0, 0.1) is 13.8 Å². The molecule has 4 aromatic rings. The molecule has 0 spiro atoms. The molecule has 2 aromatic carbocycles. The average molecular weight is 436 g/mol. The molecular weight excluding hydrogens is 414 g/mol. The van der Waals surface area contributed by atoms with Gasteiger partial charge in [-0.1, -0.05) is 11.8 Å². The Kier molecular flexibility index (Phi) is 5.77. The Balaban J connectivity index is 1.53. The van der Waals surface area contributed by atoms with Crippen molar-refractivity contribution in [3.05, 3.63) is 65.6 Å². The first kappa shape index (κ1) is 20.7. The fraction of sp³-hybridized carbons (Fsp3) is 0.182. The lowest BCUT2D eigenvalue weighted by Gasteiger charge is -2.11. The van der Waals surface area contributed by atoms with E-state index in [-0.39, 0.29) is 5.91 Å². The highest BCUT2D eigenvalue weighted by Crippen LogP contribution is 2.32. The van der Waals surface area contributed by atoms with Gasteiger partial charge in [-0.15, -0.1) is 0 Å². The van der Waals surface area contributed by atoms with Crippen molar-refractivity contribution in [3.8, 4) is 11.5 Å². The fourth-order valence-electron chi connectivity index (χ4n) is 2.98. The minimum Gasteiger partial charge on any atom is -0.497 e. The number of anilines is 1. The number of aromatic nitrogens is 4. The third-order valence-corrected chi connectivity index (χ3v) is 5.97. The second kappa shape index (κ2) is 8.65. The van der Waals surface area contributed by atoms with E-state index in [2.05, 4.69) is 20.4 Å². The highest BCUT2D eigenvalue weighted by molar-refractivity contribution is 7.99. The van der Waals surface area contributed by atoms with E-state index in [1.807, 2.05) is 38.1 Å². The summed E-state index contributed by atoms with van der Waals surface area (Å²) in [5.74, 6) is 1.43. The minimum absolute atomic E-state index is 0.248. The van der Waals surface area contributed by atoms with Gasteiger partial charge in [-0.05, 0) is 50.2 Å². The number of carbonyl (C=O) groups excluding carboxylic acids is 1. The van der Waals surface area contributed by atoms with E-state index in [4.69, 9.17) is 9.47 Å². The van der Waals surface area contributed by atoms with Gasteiger partial charge in [0.1, 0.15) is 22.9 Å². The van der Waals surface area contributed by atoms with Crippen LogP contribution in [0.2, 0.25) is 0 Å². The quantitative estimate of drug-likeness (QED) is 0.455. The molecule has 0 atom stereocenters. The predicted molar refractivity (Wildman–Crippen MR) is 118 cm³/mol. The summed E-state index contributed by atoms with van der Waals surface area (Å²) in [7, 11) is 3.10. The molecule has 0 saturated heterocycles. The van der Waals surface area contributed by atoms with E-state index >= 15 is 0 Å². The van der Waals surface area contributed by atoms with Gasteiger partial charge < -0.3 is 14.8 Å². The second-order valence-electron chi connectivity index (χ2n) is 6.78. The van der Waals surface area contributed by atoms with E-state index in [9.17, 15) is 4.79 Å². The second-order valence-corrected chi connectivity index (χ2v) is 7.84. The highest BCUT2D eigenvalue weighted by Gasteiger charge is 2.13. The molecule has 4 rings (SSSR count). The third kappa shape index (κ3) is 4.31. The lowest BCUT2D eigenvalue weighted by atomic mass is 10.2. The van der Waals surface area contributed by atoms with E-state index in [0.717, 1.165) is 21.2 Å². The van der Waals surface area contributed by atoms with Gasteiger partial charge in [-0.25, -0.2) is 4.98 Å². The van der Waals surface area contributed by atoms with Crippen LogP contribution in [0.25, 0.3) is 5.78 Å². The molecule has 1 N–H and O–H groups in total. The highest BCUT2D eigenvalue weighted by atomic mass is 32.2. The Morgan fingerprint density at radius 2 is 1.71 bits per heavy atom. The lowest BCUT2D eigenvalue weighted by Crippen LogP contribution is -2.12. The van der Waals surface area contributed by atoms with Gasteiger partial charge >= 0.3 is 0 Å². The molecule has 8 nitrogen and oxygen atoms in total. The molecule has 0 saturated carbocycles. The van der Waals surface area contributed by atoms with Crippen LogP contribution in [0.15, 0.2) is 58.7 Å². The number of nitrogens with zero attached hydrogens (tertiary/aromatic N) is 4. The average Bonchev–Trinajstić information content (AvgIpc) is 3.25. The monoisotopic (exact) mass is 435 g/mol. The van der Waals surface area contributed by atoms with E-state index < -0.39 is 0 Å². The van der Waals surface area contributed by atoms with Crippen LogP contribution in [0.3, 0.4) is 0 Å². The van der Waals surface area contributed by atoms with Gasteiger partial charge in [0.25, 0.3) is 11.7 Å². The van der Waals surface area contributed by atoms with Gasteiger partial charge in [0.15, 0.2) is 0 Å². The van der Waals surface area contributed by atoms with Crippen molar-refractivity contribution in [3.63, 3.8) is 0 Å². The molecule has 1 amide bonds. The van der Waals surface area contributed by atoms with Crippen molar-refractivity contribution in [1.29, 1.82) is 0 Å². The topological polar surface area (TPSA) is 90.6 Å². The first-order valence-corrected chi connectivity index (χ1v) is 10.3. The summed E-state index contributed by atoms with van der Waals surface area (Å²) in [4.78, 5) is 22.3. The zero-order chi connectivity index (χ0) is 22.0. The third-order valence-electron chi connectivity index (χ3n) is 4.79. The van der Waals surface area contributed by atoms with Crippen LogP contribution in [0.5, 0.6) is 11.5 Å². The summed E-state index contributed by atoms with van der Waals surface area (Å²) in [5, 5.41) is 8.14. The summed E-state index contributed by atoms with van der Waals surface area (Å²) in [5.41, 5.74) is 3.10. The number of methoxy groups -OCH3 is 2. The number of rotatable bonds is 6. The molecule has 0 fully saturated rings. The maximum Gasteiger partial charge on any atom is 0.255 e. The number of aryl methyl sites for hydroxylation is 1. The van der Waals surface area contributed by atoms with E-state index in [0.29, 0.717) is 28.5 Å². The number of hydrogen-bond donors (Lipinski definition) is 1. The maximum absolute atomic E-state index is 12.7. The summed E-state index contributed by atoms with van der Waals surface area (Å²) in [6, 6.07) is 12.7. The Labute approximate surface area is 183 Å². The van der Waals surface area contributed by atoms with Gasteiger partial charge in [-0.2, -0.15) is 14.6 Å². The van der Waals surface area contributed by atoms with Gasteiger partial charge in [0.05, 0.1) is 14.2 Å². The molecule has 0 bridgehead atoms. The van der Waals surface area contributed by atoms with Crippen molar-refractivity contribution >= 4 is 29.1 Å². The largest absolute Gasteiger partial charge is 0.497 e. The minimum atomic E-state index is -0.248. The molecule has 0 aliphatic heterocycles. The molecule has 0 aliphatic carbocycles. The molecule has 2 aromatic heterocycles. The van der Waals surface area contributed by atoms with Crippen LogP contribution in [-0.4, -0.2) is 39.7 Å². The van der Waals surface area contributed by atoms with Crippen molar-refractivity contribution < 1.29 is 14.3 Å². The van der Waals surface area contributed by atoms with Gasteiger partial charge in [0.2, 0.25) is 0 Å². The van der Waals surface area contributed by atoms with Crippen molar-refractivity contribution in [2.24, 2.45) is 0 Å². The Bertz CT molecular complexity index is 1230. The summed E-state index contributed by atoms with van der Waals surface area (Å²) in [6.45, 7) is 3.98. The number of fused-ring (bicyclic) bond motifs is 1. The lowest BCUT2D eigenvalue weighted by molar-refractivity contribution is 0.102.